The quantitative estimate of drug-likeness (QED) is 0.733. The molecule has 0 amide bonds. The van der Waals surface area contributed by atoms with Gasteiger partial charge in [0.15, 0.2) is 0 Å². The summed E-state index contributed by atoms with van der Waals surface area (Å²) < 4.78 is 10.7. The fraction of sp³-hybridized carbons (Fsp3) is 0.409. The van der Waals surface area contributed by atoms with Gasteiger partial charge in [0.2, 0.25) is 0 Å². The van der Waals surface area contributed by atoms with Crippen molar-refractivity contribution in [3.63, 3.8) is 0 Å². The minimum absolute atomic E-state index is 0.799. The lowest BCUT2D eigenvalue weighted by molar-refractivity contribution is 0.131. The Morgan fingerprint density at radius 2 is 1.74 bits per heavy atom. The highest BCUT2D eigenvalue weighted by molar-refractivity contribution is 5.84. The highest BCUT2D eigenvalue weighted by atomic mass is 16.5. The lowest BCUT2D eigenvalue weighted by Gasteiger charge is -2.33. The third-order valence-electron chi connectivity index (χ3n) is 5.04. The fourth-order valence-corrected chi connectivity index (χ4v) is 3.36. The number of ether oxygens (including phenoxy) is 2. The highest BCUT2D eigenvalue weighted by Gasteiger charge is 2.16. The molecule has 3 rings (SSSR count). The maximum absolute atomic E-state index is 5.41. The van der Waals surface area contributed by atoms with E-state index in [1.807, 2.05) is 24.4 Å². The first-order valence-electron chi connectivity index (χ1n) is 9.38. The van der Waals surface area contributed by atoms with Crippen LogP contribution in [0.5, 0.6) is 11.5 Å². The van der Waals surface area contributed by atoms with Crippen LogP contribution >= 0.6 is 0 Å². The van der Waals surface area contributed by atoms with Crippen LogP contribution < -0.4 is 9.47 Å². The number of rotatable bonds is 6. The average molecular weight is 367 g/mol. The molecule has 0 radical (unpaired) electrons. The predicted octanol–water partition coefficient (Wildman–Crippen LogP) is 3.47. The van der Waals surface area contributed by atoms with Gasteiger partial charge in [-0.15, -0.1) is 0 Å². The van der Waals surface area contributed by atoms with Crippen LogP contribution in [0.3, 0.4) is 0 Å². The Hall–Kier alpha value is -2.53. The number of aryl methyl sites for hydroxylation is 2. The summed E-state index contributed by atoms with van der Waals surface area (Å²) in [6.45, 7) is 9.23. The second-order valence-corrected chi connectivity index (χ2v) is 7.01. The van der Waals surface area contributed by atoms with Crippen molar-refractivity contribution >= 4 is 6.21 Å². The molecule has 0 spiro atoms. The number of hydrazone groups is 1. The topological polar surface area (TPSA) is 37.3 Å². The summed E-state index contributed by atoms with van der Waals surface area (Å²) in [5.74, 6) is 1.60. The molecule has 2 aromatic rings. The summed E-state index contributed by atoms with van der Waals surface area (Å²) in [5.41, 5.74) is 5.04. The third-order valence-corrected chi connectivity index (χ3v) is 5.04. The Morgan fingerprint density at radius 1 is 0.963 bits per heavy atom. The minimum atomic E-state index is 0.799. The Kier molecular flexibility index (Phi) is 6.35. The second-order valence-electron chi connectivity index (χ2n) is 7.01. The maximum atomic E-state index is 5.41. The molecule has 0 saturated carbocycles. The number of piperazine rings is 1. The molecule has 2 aromatic carbocycles. The average Bonchev–Trinajstić information content (AvgIpc) is 2.69. The van der Waals surface area contributed by atoms with Crippen LogP contribution in [0.2, 0.25) is 0 Å². The van der Waals surface area contributed by atoms with Gasteiger partial charge in [0, 0.05) is 38.3 Å². The first-order valence-corrected chi connectivity index (χ1v) is 9.38. The molecule has 1 aliphatic heterocycles. The molecule has 1 heterocycles. The summed E-state index contributed by atoms with van der Waals surface area (Å²) in [5, 5.41) is 6.78. The van der Waals surface area contributed by atoms with Gasteiger partial charge in [-0.05, 0) is 43.2 Å². The minimum Gasteiger partial charge on any atom is -0.497 e. The Bertz CT molecular complexity index is 796. The molecule has 5 nitrogen and oxygen atoms in total. The Labute approximate surface area is 162 Å². The van der Waals surface area contributed by atoms with E-state index in [2.05, 4.69) is 47.1 Å². The van der Waals surface area contributed by atoms with Crippen LogP contribution in [-0.4, -0.2) is 56.5 Å². The first kappa shape index (κ1) is 19.2. The molecule has 0 atom stereocenters. The van der Waals surface area contributed by atoms with E-state index in [0.717, 1.165) is 49.8 Å². The molecule has 144 valence electrons. The number of hydrogen-bond donors (Lipinski definition) is 0. The number of methoxy groups -OCH3 is 2. The lowest BCUT2D eigenvalue weighted by atomic mass is 10.1. The van der Waals surface area contributed by atoms with Crippen LogP contribution in [0.4, 0.5) is 0 Å². The van der Waals surface area contributed by atoms with E-state index in [-0.39, 0.29) is 0 Å². The molecule has 0 unspecified atom stereocenters. The van der Waals surface area contributed by atoms with Gasteiger partial charge in [0.05, 0.1) is 20.4 Å². The van der Waals surface area contributed by atoms with Crippen molar-refractivity contribution < 1.29 is 9.47 Å². The zero-order valence-corrected chi connectivity index (χ0v) is 16.7. The van der Waals surface area contributed by atoms with Crippen LogP contribution in [0.25, 0.3) is 0 Å². The number of benzene rings is 2. The number of hydrogen-bond acceptors (Lipinski definition) is 5. The van der Waals surface area contributed by atoms with Crippen molar-refractivity contribution in [2.75, 3.05) is 40.4 Å². The molecule has 27 heavy (non-hydrogen) atoms. The van der Waals surface area contributed by atoms with Crippen LogP contribution in [0.1, 0.15) is 22.3 Å². The first-order chi connectivity index (χ1) is 13.1. The van der Waals surface area contributed by atoms with Crippen molar-refractivity contribution in [3.05, 3.63) is 58.7 Å². The van der Waals surface area contributed by atoms with Gasteiger partial charge in [0.25, 0.3) is 0 Å². The van der Waals surface area contributed by atoms with E-state index in [4.69, 9.17) is 9.47 Å². The molecule has 0 aliphatic carbocycles. The summed E-state index contributed by atoms with van der Waals surface area (Å²) >= 11 is 0. The summed E-state index contributed by atoms with van der Waals surface area (Å²) in [6, 6.07) is 12.5. The molecule has 1 aliphatic rings. The van der Waals surface area contributed by atoms with Crippen LogP contribution in [0.15, 0.2) is 41.5 Å². The van der Waals surface area contributed by atoms with E-state index in [9.17, 15) is 0 Å². The van der Waals surface area contributed by atoms with Gasteiger partial charge in [-0.1, -0.05) is 23.8 Å². The molecular formula is C22H29N3O2. The van der Waals surface area contributed by atoms with Crippen LogP contribution in [-0.2, 0) is 6.54 Å². The van der Waals surface area contributed by atoms with E-state index < -0.39 is 0 Å². The van der Waals surface area contributed by atoms with E-state index >= 15 is 0 Å². The standard InChI is InChI=1S/C22H29N3O2/c1-17-5-6-19(18(2)13-17)16-24-9-11-25(12-10-24)23-15-20-14-21(26-3)7-8-22(20)27-4/h5-8,13-15H,9-12,16H2,1-4H3. The van der Waals surface area contributed by atoms with Crippen LogP contribution in [0, 0.1) is 13.8 Å². The molecule has 5 heteroatoms. The smallest absolute Gasteiger partial charge is 0.127 e. The van der Waals surface area contributed by atoms with E-state index in [1.165, 1.54) is 16.7 Å². The zero-order valence-electron chi connectivity index (χ0n) is 16.7. The molecule has 0 aromatic heterocycles. The maximum Gasteiger partial charge on any atom is 0.127 e. The number of nitrogens with zero attached hydrogens (tertiary/aromatic N) is 3. The van der Waals surface area contributed by atoms with Gasteiger partial charge in [-0.3, -0.25) is 9.91 Å². The molecular weight excluding hydrogens is 338 g/mol. The van der Waals surface area contributed by atoms with Gasteiger partial charge >= 0.3 is 0 Å². The van der Waals surface area contributed by atoms with Gasteiger partial charge < -0.3 is 9.47 Å². The molecule has 1 saturated heterocycles. The lowest BCUT2D eigenvalue weighted by Crippen LogP contribution is -2.43. The molecule has 1 fully saturated rings. The normalized spacial score (nSPS) is 15.3. The van der Waals surface area contributed by atoms with Crippen molar-refractivity contribution in [2.24, 2.45) is 5.10 Å². The van der Waals surface area contributed by atoms with Gasteiger partial charge in [-0.25, -0.2) is 0 Å². The van der Waals surface area contributed by atoms with Crippen molar-refractivity contribution in [1.29, 1.82) is 0 Å². The highest BCUT2D eigenvalue weighted by Crippen LogP contribution is 2.22. The van der Waals surface area contributed by atoms with Gasteiger partial charge in [-0.2, -0.15) is 5.10 Å². The van der Waals surface area contributed by atoms with Crippen molar-refractivity contribution in [3.8, 4) is 11.5 Å². The monoisotopic (exact) mass is 367 g/mol. The Balaban J connectivity index is 1.57. The van der Waals surface area contributed by atoms with Gasteiger partial charge in [0.1, 0.15) is 11.5 Å². The SMILES string of the molecule is COc1ccc(OC)c(C=NN2CCN(Cc3ccc(C)cc3C)CC2)c1. The van der Waals surface area contributed by atoms with Crippen molar-refractivity contribution in [1.82, 2.24) is 9.91 Å². The fourth-order valence-electron chi connectivity index (χ4n) is 3.36. The molecule has 0 N–H and O–H groups in total. The summed E-state index contributed by atoms with van der Waals surface area (Å²) in [7, 11) is 3.34. The zero-order chi connectivity index (χ0) is 19.2. The second kappa shape index (κ2) is 8.91. The molecule has 0 bridgehead atoms. The van der Waals surface area contributed by atoms with E-state index in [1.54, 1.807) is 14.2 Å². The summed E-state index contributed by atoms with van der Waals surface area (Å²) in [4.78, 5) is 2.50. The third kappa shape index (κ3) is 5.01. The predicted molar refractivity (Wildman–Crippen MR) is 110 cm³/mol. The Morgan fingerprint density at radius 3 is 2.41 bits per heavy atom. The van der Waals surface area contributed by atoms with Crippen molar-refractivity contribution in [2.45, 2.75) is 20.4 Å². The summed E-state index contributed by atoms with van der Waals surface area (Å²) in [6.07, 6.45) is 1.86. The van der Waals surface area contributed by atoms with E-state index in [0.29, 0.717) is 0 Å². The largest absolute Gasteiger partial charge is 0.497 e.